The largest absolute Gasteiger partial charge is 0.492 e. The number of hydrogen-bond donors (Lipinski definition) is 1. The van der Waals surface area contributed by atoms with Crippen molar-refractivity contribution in [3.63, 3.8) is 0 Å². The molecular weight excluding hydrogens is 490 g/mol. The number of carbonyl (C=O) groups is 1. The number of guanidine groups is 1. The molecule has 0 saturated carbocycles. The number of carbonyl (C=O) groups excluding carboxylic acids is 1. The molecule has 1 aromatic carbocycles. The van der Waals surface area contributed by atoms with Crippen LogP contribution in [-0.2, 0) is 15.7 Å². The molecule has 2 unspecified atom stereocenters. The van der Waals surface area contributed by atoms with Gasteiger partial charge in [0.1, 0.15) is 12.4 Å². The first-order chi connectivity index (χ1) is 12.8. The Morgan fingerprint density at radius 2 is 1.93 bits per heavy atom. The molecule has 10 heteroatoms. The zero-order chi connectivity index (χ0) is 20.0. The molecule has 0 aliphatic carbocycles. The molecule has 2 rings (SSSR count). The zero-order valence-electron chi connectivity index (χ0n) is 16.0. The second kappa shape index (κ2) is 10.7. The van der Waals surface area contributed by atoms with Crippen LogP contribution in [0.4, 0.5) is 13.2 Å². The van der Waals surface area contributed by atoms with Crippen LogP contribution in [0.1, 0.15) is 12.5 Å². The van der Waals surface area contributed by atoms with Gasteiger partial charge in [-0.25, -0.2) is 0 Å². The van der Waals surface area contributed by atoms with E-state index in [2.05, 4.69) is 10.3 Å². The first-order valence-electron chi connectivity index (χ1n) is 8.59. The second-order valence-electron chi connectivity index (χ2n) is 6.36. The number of rotatable bonds is 5. The smallest absolute Gasteiger partial charge is 0.416 e. The summed E-state index contributed by atoms with van der Waals surface area (Å²) >= 11 is 0. The number of benzene rings is 1. The van der Waals surface area contributed by atoms with Crippen molar-refractivity contribution < 1.29 is 27.4 Å². The van der Waals surface area contributed by atoms with Crippen LogP contribution in [0.2, 0.25) is 0 Å². The summed E-state index contributed by atoms with van der Waals surface area (Å²) in [4.78, 5) is 18.0. The minimum Gasteiger partial charge on any atom is -0.492 e. The van der Waals surface area contributed by atoms with Crippen LogP contribution in [0, 0.1) is 11.8 Å². The van der Waals surface area contributed by atoms with E-state index in [9.17, 15) is 18.0 Å². The standard InChI is InChI=1S/C18H24F3N3O3.HI/c1-12-10-24(11-15(12)16(25)26-3)17(22-2)23-8-9-27-14-6-4-13(5-7-14)18(19,20)21;/h4-7,12,15H,8-11H2,1-3H3,(H,22,23);1H. The molecule has 1 N–H and O–H groups in total. The summed E-state index contributed by atoms with van der Waals surface area (Å²) < 4.78 is 47.9. The molecule has 6 nitrogen and oxygen atoms in total. The summed E-state index contributed by atoms with van der Waals surface area (Å²) in [6.07, 6.45) is -4.36. The van der Waals surface area contributed by atoms with Gasteiger partial charge in [0.25, 0.3) is 0 Å². The molecule has 1 aliphatic heterocycles. The third kappa shape index (κ3) is 6.42. The molecule has 28 heavy (non-hydrogen) atoms. The highest BCUT2D eigenvalue weighted by Gasteiger charge is 2.36. The maximum atomic E-state index is 12.5. The molecule has 0 aromatic heterocycles. The number of ether oxygens (including phenoxy) is 2. The van der Waals surface area contributed by atoms with Crippen molar-refractivity contribution in [1.82, 2.24) is 10.2 Å². The van der Waals surface area contributed by atoms with Gasteiger partial charge >= 0.3 is 12.1 Å². The first-order valence-corrected chi connectivity index (χ1v) is 8.59. The second-order valence-corrected chi connectivity index (χ2v) is 6.36. The normalized spacial score (nSPS) is 19.8. The van der Waals surface area contributed by atoms with E-state index < -0.39 is 11.7 Å². The Kier molecular flexibility index (Phi) is 9.31. The topological polar surface area (TPSA) is 63.2 Å². The van der Waals surface area contributed by atoms with Gasteiger partial charge < -0.3 is 19.7 Å². The SMILES string of the molecule is CN=C(NCCOc1ccc(C(F)(F)F)cc1)N1CC(C)C(C(=O)OC)C1.I. The molecule has 2 atom stereocenters. The van der Waals surface area contributed by atoms with Gasteiger partial charge in [0, 0.05) is 20.1 Å². The summed E-state index contributed by atoms with van der Waals surface area (Å²) in [6, 6.07) is 4.56. The van der Waals surface area contributed by atoms with Crippen molar-refractivity contribution in [2.45, 2.75) is 13.1 Å². The summed E-state index contributed by atoms with van der Waals surface area (Å²) in [5.74, 6) is 0.729. The Labute approximate surface area is 179 Å². The maximum Gasteiger partial charge on any atom is 0.416 e. The van der Waals surface area contributed by atoms with Crippen molar-refractivity contribution in [2.24, 2.45) is 16.8 Å². The Morgan fingerprint density at radius 3 is 2.46 bits per heavy atom. The number of alkyl halides is 3. The van der Waals surface area contributed by atoms with E-state index in [0.29, 0.717) is 31.3 Å². The zero-order valence-corrected chi connectivity index (χ0v) is 18.3. The molecule has 1 saturated heterocycles. The molecule has 0 spiro atoms. The van der Waals surface area contributed by atoms with Crippen molar-refractivity contribution in [2.75, 3.05) is 40.4 Å². The lowest BCUT2D eigenvalue weighted by Gasteiger charge is -2.21. The summed E-state index contributed by atoms with van der Waals surface area (Å²) in [5.41, 5.74) is -0.711. The molecule has 1 aliphatic rings. The minimum atomic E-state index is -4.36. The molecule has 0 radical (unpaired) electrons. The predicted molar refractivity (Wildman–Crippen MR) is 110 cm³/mol. The lowest BCUT2D eigenvalue weighted by atomic mass is 9.99. The van der Waals surface area contributed by atoms with Gasteiger partial charge in [-0.15, -0.1) is 24.0 Å². The highest BCUT2D eigenvalue weighted by molar-refractivity contribution is 14.0. The van der Waals surface area contributed by atoms with Crippen LogP contribution < -0.4 is 10.1 Å². The highest BCUT2D eigenvalue weighted by Crippen LogP contribution is 2.30. The van der Waals surface area contributed by atoms with Gasteiger partial charge in [-0.3, -0.25) is 9.79 Å². The monoisotopic (exact) mass is 515 g/mol. The van der Waals surface area contributed by atoms with Gasteiger partial charge in [-0.05, 0) is 30.2 Å². The molecule has 1 heterocycles. The van der Waals surface area contributed by atoms with E-state index in [-0.39, 0.29) is 48.4 Å². The fraction of sp³-hybridized carbons (Fsp3) is 0.556. The van der Waals surface area contributed by atoms with Crippen molar-refractivity contribution in [1.29, 1.82) is 0 Å². The molecule has 1 fully saturated rings. The quantitative estimate of drug-likeness (QED) is 0.215. The van der Waals surface area contributed by atoms with Crippen molar-refractivity contribution in [3.8, 4) is 5.75 Å². The fourth-order valence-electron chi connectivity index (χ4n) is 3.00. The first kappa shape index (κ1) is 24.3. The van der Waals surface area contributed by atoms with Crippen LogP contribution in [0.5, 0.6) is 5.75 Å². The lowest BCUT2D eigenvalue weighted by molar-refractivity contribution is -0.146. The molecule has 0 bridgehead atoms. The van der Waals surface area contributed by atoms with E-state index in [4.69, 9.17) is 9.47 Å². The number of likely N-dealkylation sites (tertiary alicyclic amines) is 1. The van der Waals surface area contributed by atoms with E-state index in [0.717, 1.165) is 12.1 Å². The van der Waals surface area contributed by atoms with Crippen LogP contribution in [-0.4, -0.2) is 57.2 Å². The van der Waals surface area contributed by atoms with Crippen LogP contribution in [0.15, 0.2) is 29.3 Å². The molecule has 1 aromatic rings. The number of aliphatic imine (C=N–C) groups is 1. The Bertz CT molecular complexity index is 668. The number of nitrogens with one attached hydrogen (secondary N) is 1. The molecule has 0 amide bonds. The van der Waals surface area contributed by atoms with E-state index >= 15 is 0 Å². The minimum absolute atomic E-state index is 0. The number of esters is 1. The van der Waals surface area contributed by atoms with Gasteiger partial charge in [0.05, 0.1) is 25.1 Å². The van der Waals surface area contributed by atoms with Gasteiger partial charge in [-0.1, -0.05) is 6.92 Å². The number of methoxy groups -OCH3 is 1. The third-order valence-electron chi connectivity index (χ3n) is 4.46. The fourth-order valence-corrected chi connectivity index (χ4v) is 3.00. The van der Waals surface area contributed by atoms with E-state index in [1.807, 2.05) is 11.8 Å². The number of nitrogens with zero attached hydrogens (tertiary/aromatic N) is 2. The summed E-state index contributed by atoms with van der Waals surface area (Å²) in [5, 5.41) is 3.13. The Hall–Kier alpha value is -1.72. The highest BCUT2D eigenvalue weighted by atomic mass is 127. The van der Waals surface area contributed by atoms with Crippen LogP contribution in [0.3, 0.4) is 0 Å². The Balaban J connectivity index is 0.00000392. The summed E-state index contributed by atoms with van der Waals surface area (Å²) in [6.45, 7) is 3.87. The predicted octanol–water partition coefficient (Wildman–Crippen LogP) is 3.02. The average molecular weight is 515 g/mol. The molecular formula is C18H25F3IN3O3. The number of halogens is 4. The Morgan fingerprint density at radius 1 is 1.29 bits per heavy atom. The van der Waals surface area contributed by atoms with Gasteiger partial charge in [-0.2, -0.15) is 13.2 Å². The van der Waals surface area contributed by atoms with Gasteiger partial charge in [0.2, 0.25) is 0 Å². The third-order valence-corrected chi connectivity index (χ3v) is 4.46. The van der Waals surface area contributed by atoms with Crippen molar-refractivity contribution >= 4 is 35.9 Å². The van der Waals surface area contributed by atoms with E-state index in [1.165, 1.54) is 19.2 Å². The average Bonchev–Trinajstić information content (AvgIpc) is 3.02. The van der Waals surface area contributed by atoms with Crippen molar-refractivity contribution in [3.05, 3.63) is 29.8 Å². The summed E-state index contributed by atoms with van der Waals surface area (Å²) in [7, 11) is 3.03. The molecule has 158 valence electrons. The maximum absolute atomic E-state index is 12.5. The van der Waals surface area contributed by atoms with Crippen LogP contribution >= 0.6 is 24.0 Å². The number of hydrogen-bond acceptors (Lipinski definition) is 4. The van der Waals surface area contributed by atoms with Crippen LogP contribution in [0.25, 0.3) is 0 Å². The van der Waals surface area contributed by atoms with E-state index in [1.54, 1.807) is 7.05 Å². The van der Waals surface area contributed by atoms with Gasteiger partial charge in [0.15, 0.2) is 5.96 Å². The lowest BCUT2D eigenvalue weighted by Crippen LogP contribution is -2.42.